The molecule has 148 valence electrons. The number of aromatic nitrogens is 1. The lowest BCUT2D eigenvalue weighted by atomic mass is 9.91. The molecule has 1 aliphatic heterocycles. The van der Waals surface area contributed by atoms with Crippen molar-refractivity contribution in [3.05, 3.63) is 76.7 Å². The fourth-order valence-corrected chi connectivity index (χ4v) is 3.73. The van der Waals surface area contributed by atoms with Gasteiger partial charge in [-0.2, -0.15) is 0 Å². The molecule has 3 aromatic rings. The lowest BCUT2D eigenvalue weighted by molar-refractivity contribution is -0.118. The van der Waals surface area contributed by atoms with Crippen molar-refractivity contribution in [2.24, 2.45) is 10.7 Å². The number of aryl methyl sites for hydroxylation is 1. The van der Waals surface area contributed by atoms with Gasteiger partial charge in [-0.05, 0) is 31.9 Å². The number of rotatable bonds is 4. The molecule has 2 heterocycles. The molecule has 0 bridgehead atoms. The number of nitrogens with zero attached hydrogens (tertiary/aromatic N) is 2. The van der Waals surface area contributed by atoms with E-state index in [-0.39, 0.29) is 6.42 Å². The van der Waals surface area contributed by atoms with Crippen LogP contribution >= 0.6 is 0 Å². The summed E-state index contributed by atoms with van der Waals surface area (Å²) in [5, 5.41) is 14.4. The maximum atomic E-state index is 11.7. The number of aliphatic imine (C=N–C) groups is 1. The standard InChI is InChI=1S/C23H23N3O3/c1-13-20-16-6-4-5-7-17(16)21(14-8-10-15(11-9-14)23(2,3)28)25-18(12-19(24)27)22(20)29-26-13/h4-11,18,28H,12H2,1-3H3,(H2,24,27)/t18-/m0/s1. The molecule has 0 saturated carbocycles. The van der Waals surface area contributed by atoms with E-state index in [9.17, 15) is 9.90 Å². The molecule has 0 saturated heterocycles. The minimum Gasteiger partial charge on any atom is -0.386 e. The topological polar surface area (TPSA) is 102 Å². The number of aliphatic hydroxyl groups is 1. The van der Waals surface area contributed by atoms with Gasteiger partial charge in [-0.1, -0.05) is 53.7 Å². The van der Waals surface area contributed by atoms with Gasteiger partial charge in [0.1, 0.15) is 6.04 Å². The van der Waals surface area contributed by atoms with E-state index in [1.54, 1.807) is 13.8 Å². The first-order valence-corrected chi connectivity index (χ1v) is 9.51. The fraction of sp³-hybridized carbons (Fsp3) is 0.261. The predicted octanol–water partition coefficient (Wildman–Crippen LogP) is 3.64. The highest BCUT2D eigenvalue weighted by atomic mass is 16.5. The Bertz CT molecular complexity index is 1110. The first-order chi connectivity index (χ1) is 13.8. The van der Waals surface area contributed by atoms with E-state index in [4.69, 9.17) is 15.2 Å². The van der Waals surface area contributed by atoms with E-state index in [0.29, 0.717) is 5.76 Å². The van der Waals surface area contributed by atoms with E-state index in [1.165, 1.54) is 0 Å². The SMILES string of the molecule is Cc1noc2c1-c1ccccc1C(c1ccc(C(C)(C)O)cc1)=N[C@H]2CC(N)=O. The molecular formula is C23H23N3O3. The molecule has 1 amide bonds. The smallest absolute Gasteiger partial charge is 0.220 e. The summed E-state index contributed by atoms with van der Waals surface area (Å²) < 4.78 is 5.59. The van der Waals surface area contributed by atoms with Gasteiger partial charge in [0, 0.05) is 11.1 Å². The first kappa shape index (κ1) is 19.1. The van der Waals surface area contributed by atoms with Gasteiger partial charge >= 0.3 is 0 Å². The van der Waals surface area contributed by atoms with E-state index in [2.05, 4.69) is 5.16 Å². The van der Waals surface area contributed by atoms with Crippen molar-refractivity contribution in [1.82, 2.24) is 5.16 Å². The highest BCUT2D eigenvalue weighted by molar-refractivity contribution is 6.17. The van der Waals surface area contributed by atoms with Gasteiger partial charge < -0.3 is 15.4 Å². The van der Waals surface area contributed by atoms with E-state index in [0.717, 1.165) is 39.2 Å². The Morgan fingerprint density at radius 3 is 2.41 bits per heavy atom. The quantitative estimate of drug-likeness (QED) is 0.711. The number of hydrogen-bond donors (Lipinski definition) is 2. The molecule has 6 heteroatoms. The van der Waals surface area contributed by atoms with Gasteiger partial charge in [-0.25, -0.2) is 0 Å². The van der Waals surface area contributed by atoms with Crippen LogP contribution in [0, 0.1) is 6.92 Å². The van der Waals surface area contributed by atoms with Gasteiger partial charge in [0.2, 0.25) is 5.91 Å². The van der Waals surface area contributed by atoms with Crippen molar-refractivity contribution in [2.75, 3.05) is 0 Å². The molecule has 1 aromatic heterocycles. The third kappa shape index (κ3) is 3.47. The molecule has 4 rings (SSSR count). The zero-order valence-corrected chi connectivity index (χ0v) is 16.6. The fourth-order valence-electron chi connectivity index (χ4n) is 3.73. The molecule has 0 aliphatic carbocycles. The van der Waals surface area contributed by atoms with Crippen molar-refractivity contribution in [1.29, 1.82) is 0 Å². The summed E-state index contributed by atoms with van der Waals surface area (Å²) in [6.45, 7) is 5.37. The minimum absolute atomic E-state index is 0.0286. The summed E-state index contributed by atoms with van der Waals surface area (Å²) in [4.78, 5) is 16.6. The average Bonchev–Trinajstić information content (AvgIpc) is 2.99. The van der Waals surface area contributed by atoms with Gasteiger partial charge in [-0.3, -0.25) is 9.79 Å². The van der Waals surface area contributed by atoms with Crippen molar-refractivity contribution in [2.45, 2.75) is 38.8 Å². The number of primary amides is 1. The van der Waals surface area contributed by atoms with E-state index in [1.807, 2.05) is 55.5 Å². The van der Waals surface area contributed by atoms with Gasteiger partial charge in [0.05, 0.1) is 29.0 Å². The molecule has 0 unspecified atom stereocenters. The Kier molecular flexibility index (Phi) is 4.59. The molecule has 0 radical (unpaired) electrons. The third-order valence-corrected chi connectivity index (χ3v) is 5.19. The molecule has 2 aromatic carbocycles. The predicted molar refractivity (Wildman–Crippen MR) is 111 cm³/mol. The second-order valence-corrected chi connectivity index (χ2v) is 7.85. The summed E-state index contributed by atoms with van der Waals surface area (Å²) in [7, 11) is 0. The molecule has 6 nitrogen and oxygen atoms in total. The van der Waals surface area contributed by atoms with Crippen LogP contribution in [0.1, 0.15) is 54.5 Å². The highest BCUT2D eigenvalue weighted by Crippen LogP contribution is 2.40. The highest BCUT2D eigenvalue weighted by Gasteiger charge is 2.31. The van der Waals surface area contributed by atoms with E-state index < -0.39 is 17.6 Å². The monoisotopic (exact) mass is 389 g/mol. The first-order valence-electron chi connectivity index (χ1n) is 9.51. The molecular weight excluding hydrogens is 366 g/mol. The van der Waals surface area contributed by atoms with Crippen molar-refractivity contribution >= 4 is 11.6 Å². The van der Waals surface area contributed by atoms with Crippen LogP contribution in [0.5, 0.6) is 0 Å². The van der Waals surface area contributed by atoms with Crippen LogP contribution in [0.2, 0.25) is 0 Å². The lowest BCUT2D eigenvalue weighted by Gasteiger charge is -2.18. The van der Waals surface area contributed by atoms with Crippen molar-refractivity contribution < 1.29 is 14.4 Å². The zero-order valence-electron chi connectivity index (χ0n) is 16.6. The maximum Gasteiger partial charge on any atom is 0.220 e. The van der Waals surface area contributed by atoms with Crippen molar-refractivity contribution in [3.63, 3.8) is 0 Å². The van der Waals surface area contributed by atoms with Gasteiger partial charge in [-0.15, -0.1) is 0 Å². The Labute approximate surface area is 169 Å². The summed E-state index contributed by atoms with van der Waals surface area (Å²) in [6, 6.07) is 15.0. The number of carbonyl (C=O) groups excluding carboxylic acids is 1. The Morgan fingerprint density at radius 1 is 1.14 bits per heavy atom. The molecule has 0 fully saturated rings. The Hall–Kier alpha value is -3.25. The second kappa shape index (κ2) is 6.97. The van der Waals surface area contributed by atoms with Crippen LogP contribution in [-0.4, -0.2) is 21.9 Å². The largest absolute Gasteiger partial charge is 0.386 e. The number of amides is 1. The van der Waals surface area contributed by atoms with Crippen LogP contribution in [0.15, 0.2) is 58.0 Å². The van der Waals surface area contributed by atoms with Crippen LogP contribution in [-0.2, 0) is 10.4 Å². The Balaban J connectivity index is 1.93. The number of nitrogens with two attached hydrogens (primary N) is 1. The second-order valence-electron chi connectivity index (χ2n) is 7.85. The number of fused-ring (bicyclic) bond motifs is 3. The molecule has 1 atom stereocenters. The van der Waals surface area contributed by atoms with Crippen molar-refractivity contribution in [3.8, 4) is 11.1 Å². The Morgan fingerprint density at radius 2 is 1.79 bits per heavy atom. The molecule has 1 aliphatic rings. The number of benzene rings is 2. The summed E-state index contributed by atoms with van der Waals surface area (Å²) in [5.74, 6) is 0.0956. The average molecular weight is 389 g/mol. The minimum atomic E-state index is -0.930. The van der Waals surface area contributed by atoms with E-state index >= 15 is 0 Å². The molecule has 29 heavy (non-hydrogen) atoms. The third-order valence-electron chi connectivity index (χ3n) is 5.19. The lowest BCUT2D eigenvalue weighted by Crippen LogP contribution is -2.16. The zero-order chi connectivity index (χ0) is 20.8. The van der Waals surface area contributed by atoms with Crippen LogP contribution in [0.4, 0.5) is 0 Å². The molecule has 0 spiro atoms. The maximum absolute atomic E-state index is 11.7. The summed E-state index contributed by atoms with van der Waals surface area (Å²) >= 11 is 0. The van der Waals surface area contributed by atoms with Crippen LogP contribution in [0.3, 0.4) is 0 Å². The van der Waals surface area contributed by atoms with Gasteiger partial charge in [0.15, 0.2) is 5.76 Å². The number of carbonyl (C=O) groups is 1. The number of hydrogen-bond acceptors (Lipinski definition) is 5. The van der Waals surface area contributed by atoms with Gasteiger partial charge in [0.25, 0.3) is 0 Å². The van der Waals surface area contributed by atoms with Crippen LogP contribution < -0.4 is 5.73 Å². The molecule has 3 N–H and O–H groups in total. The van der Waals surface area contributed by atoms with Crippen LogP contribution in [0.25, 0.3) is 11.1 Å². The normalized spacial score (nSPS) is 15.9. The summed E-state index contributed by atoms with van der Waals surface area (Å²) in [6.07, 6.45) is 0.0286. The summed E-state index contributed by atoms with van der Waals surface area (Å²) in [5.41, 5.74) is 10.5.